The van der Waals surface area contributed by atoms with Crippen LogP contribution < -0.4 is 5.32 Å². The summed E-state index contributed by atoms with van der Waals surface area (Å²) < 4.78 is 10.2. The Bertz CT molecular complexity index is 382. The fourth-order valence-corrected chi connectivity index (χ4v) is 3.23. The van der Waals surface area contributed by atoms with Gasteiger partial charge in [0.15, 0.2) is 6.07 Å². The molecule has 0 spiro atoms. The maximum Gasteiger partial charge on any atom is 0.408 e. The van der Waals surface area contributed by atoms with E-state index in [1.807, 2.05) is 0 Å². The largest absolute Gasteiger partial charge is 0.448 e. The normalized spacial score (nSPS) is 29.6. The lowest BCUT2D eigenvalue weighted by Gasteiger charge is -2.41. The topological polar surface area (TPSA) is 64.6 Å². The van der Waals surface area contributed by atoms with Crippen LogP contribution >= 0.6 is 11.6 Å². The second-order valence-electron chi connectivity index (χ2n) is 7.10. The number of ether oxygens (including phenoxy) is 2. The van der Waals surface area contributed by atoms with Crippen LogP contribution in [0.4, 0.5) is 4.79 Å². The number of rotatable bonds is 3. The monoisotopic (exact) mass is 319 g/mol. The van der Waals surface area contributed by atoms with Crippen molar-refractivity contribution in [2.75, 3.05) is 6.07 Å². The second-order valence-corrected chi connectivity index (χ2v) is 7.32. The number of carbonyl (C=O) groups excluding carboxylic acids is 2. The average molecular weight is 320 g/mol. The van der Waals surface area contributed by atoms with Crippen molar-refractivity contribution in [1.82, 2.24) is 5.32 Å². The highest BCUT2D eigenvalue weighted by Gasteiger charge is 2.47. The van der Waals surface area contributed by atoms with Gasteiger partial charge in [0, 0.05) is 0 Å². The number of alkyl carbamates (subject to hydrolysis) is 1. The maximum absolute atomic E-state index is 12.3. The molecule has 1 aliphatic rings. The highest BCUT2D eigenvalue weighted by molar-refractivity contribution is 6.17. The van der Waals surface area contributed by atoms with Crippen LogP contribution in [0, 0.1) is 11.8 Å². The molecule has 122 valence electrons. The highest BCUT2D eigenvalue weighted by Crippen LogP contribution is 2.37. The number of halogens is 1. The van der Waals surface area contributed by atoms with Gasteiger partial charge < -0.3 is 14.8 Å². The molecule has 0 aromatic rings. The molecule has 0 heterocycles. The first-order chi connectivity index (χ1) is 9.58. The van der Waals surface area contributed by atoms with Crippen molar-refractivity contribution < 1.29 is 19.1 Å². The van der Waals surface area contributed by atoms with E-state index < -0.39 is 23.2 Å². The Hall–Kier alpha value is -0.970. The molecule has 0 aromatic heterocycles. The molecular formula is C15H26ClNO4. The molecule has 1 fully saturated rings. The van der Waals surface area contributed by atoms with Gasteiger partial charge in [-0.25, -0.2) is 9.59 Å². The lowest BCUT2D eigenvalue weighted by molar-refractivity contribution is -0.152. The Balaban J connectivity index is 2.92. The van der Waals surface area contributed by atoms with Crippen LogP contribution in [0.15, 0.2) is 0 Å². The van der Waals surface area contributed by atoms with Crippen LogP contribution in [0.5, 0.6) is 0 Å². The van der Waals surface area contributed by atoms with Crippen molar-refractivity contribution >= 4 is 23.7 Å². The summed E-state index contributed by atoms with van der Waals surface area (Å²) in [4.78, 5) is 24.4. The van der Waals surface area contributed by atoms with E-state index in [0.29, 0.717) is 24.7 Å². The van der Waals surface area contributed by atoms with Crippen molar-refractivity contribution in [1.29, 1.82) is 0 Å². The number of hydrogen-bond donors (Lipinski definition) is 1. The zero-order chi connectivity index (χ0) is 16.3. The van der Waals surface area contributed by atoms with Crippen molar-refractivity contribution in [3.05, 3.63) is 0 Å². The fraction of sp³-hybridized carbons (Fsp3) is 0.867. The minimum atomic E-state index is -1.05. The number of amides is 1. The predicted molar refractivity (Wildman–Crippen MR) is 81.1 cm³/mol. The molecule has 0 aromatic carbocycles. The van der Waals surface area contributed by atoms with Gasteiger partial charge in [0.05, 0.1) is 0 Å². The van der Waals surface area contributed by atoms with Gasteiger partial charge in [0.25, 0.3) is 0 Å². The number of esters is 1. The third-order valence-corrected chi connectivity index (χ3v) is 3.62. The van der Waals surface area contributed by atoms with Gasteiger partial charge in [-0.15, -0.1) is 0 Å². The van der Waals surface area contributed by atoms with Crippen LogP contribution in [-0.4, -0.2) is 29.3 Å². The van der Waals surface area contributed by atoms with Crippen LogP contribution in [0.3, 0.4) is 0 Å². The van der Waals surface area contributed by atoms with Crippen molar-refractivity contribution in [2.24, 2.45) is 11.8 Å². The average Bonchev–Trinajstić information content (AvgIpc) is 2.24. The van der Waals surface area contributed by atoms with E-state index in [1.165, 1.54) is 0 Å². The Morgan fingerprint density at radius 3 is 2.19 bits per heavy atom. The number of nitrogens with one attached hydrogen (secondary N) is 1. The summed E-state index contributed by atoms with van der Waals surface area (Å²) >= 11 is 5.51. The molecule has 1 aliphatic carbocycles. The summed E-state index contributed by atoms with van der Waals surface area (Å²) in [5, 5.41) is 2.74. The standard InChI is InChI=1S/C15H26ClNO4/c1-10-6-11(2)8-15(7-10,12(18)20-9-16)17-13(19)21-14(3,4)5/h10-11H,6-9H2,1-5H3,(H,17,19). The first-order valence-electron chi connectivity index (χ1n) is 7.32. The number of hydrogen-bond acceptors (Lipinski definition) is 4. The molecule has 6 heteroatoms. The molecule has 1 rings (SSSR count). The lowest BCUT2D eigenvalue weighted by Crippen LogP contribution is -2.59. The van der Waals surface area contributed by atoms with E-state index in [-0.39, 0.29) is 6.07 Å². The minimum Gasteiger partial charge on any atom is -0.448 e. The van der Waals surface area contributed by atoms with E-state index >= 15 is 0 Å². The van der Waals surface area contributed by atoms with Crippen molar-refractivity contribution in [3.8, 4) is 0 Å². The Morgan fingerprint density at radius 2 is 1.76 bits per heavy atom. The molecular weight excluding hydrogens is 294 g/mol. The summed E-state index contributed by atoms with van der Waals surface area (Å²) in [5.74, 6) is 0.139. The number of carbonyl (C=O) groups is 2. The van der Waals surface area contributed by atoms with E-state index in [1.54, 1.807) is 20.8 Å². The van der Waals surface area contributed by atoms with Crippen molar-refractivity contribution in [2.45, 2.75) is 65.0 Å². The van der Waals surface area contributed by atoms with Gasteiger partial charge in [0.2, 0.25) is 0 Å². The summed E-state index contributed by atoms with van der Waals surface area (Å²) in [6, 6.07) is -0.223. The zero-order valence-electron chi connectivity index (χ0n) is 13.5. The molecule has 5 nitrogen and oxygen atoms in total. The SMILES string of the molecule is CC1CC(C)CC(NC(=O)OC(C)(C)C)(C(=O)OCCl)C1. The molecule has 0 radical (unpaired) electrons. The van der Waals surface area contributed by atoms with Crippen molar-refractivity contribution in [3.63, 3.8) is 0 Å². The summed E-state index contributed by atoms with van der Waals surface area (Å²) in [7, 11) is 0. The number of alkyl halides is 1. The summed E-state index contributed by atoms with van der Waals surface area (Å²) in [6.07, 6.45) is 1.49. The molecule has 21 heavy (non-hydrogen) atoms. The van der Waals surface area contributed by atoms with Gasteiger partial charge in [-0.1, -0.05) is 25.4 Å². The lowest BCUT2D eigenvalue weighted by atomic mass is 9.71. The third kappa shape index (κ3) is 5.38. The van der Waals surface area contributed by atoms with Gasteiger partial charge in [0.1, 0.15) is 11.1 Å². The van der Waals surface area contributed by atoms with Gasteiger partial charge >= 0.3 is 12.1 Å². The second kappa shape index (κ2) is 6.86. The molecule has 1 amide bonds. The third-order valence-electron chi connectivity index (χ3n) is 3.52. The smallest absolute Gasteiger partial charge is 0.408 e. The fourth-order valence-electron chi connectivity index (χ4n) is 3.13. The van der Waals surface area contributed by atoms with E-state index in [9.17, 15) is 9.59 Å². The molecule has 0 bridgehead atoms. The van der Waals surface area contributed by atoms with E-state index in [0.717, 1.165) is 6.42 Å². The highest BCUT2D eigenvalue weighted by atomic mass is 35.5. The first kappa shape index (κ1) is 18.1. The van der Waals surface area contributed by atoms with Gasteiger partial charge in [-0.2, -0.15) is 0 Å². The molecule has 0 aliphatic heterocycles. The van der Waals surface area contributed by atoms with Gasteiger partial charge in [-0.3, -0.25) is 0 Å². The quantitative estimate of drug-likeness (QED) is 0.639. The summed E-state index contributed by atoms with van der Waals surface area (Å²) in [6.45, 7) is 9.47. The van der Waals surface area contributed by atoms with E-state index in [4.69, 9.17) is 21.1 Å². The van der Waals surface area contributed by atoms with Crippen LogP contribution in [-0.2, 0) is 14.3 Å². The Kier molecular flexibility index (Phi) is 5.91. The van der Waals surface area contributed by atoms with E-state index in [2.05, 4.69) is 19.2 Å². The first-order valence-corrected chi connectivity index (χ1v) is 7.86. The Labute approximate surface area is 131 Å². The summed E-state index contributed by atoms with van der Waals surface area (Å²) in [5.41, 5.74) is -1.66. The van der Waals surface area contributed by atoms with Crippen LogP contribution in [0.2, 0.25) is 0 Å². The molecule has 2 unspecified atom stereocenters. The van der Waals surface area contributed by atoms with Crippen LogP contribution in [0.1, 0.15) is 53.9 Å². The molecule has 0 saturated heterocycles. The van der Waals surface area contributed by atoms with Gasteiger partial charge in [-0.05, 0) is 51.9 Å². The molecule has 1 saturated carbocycles. The molecule has 2 atom stereocenters. The molecule has 1 N–H and O–H groups in total. The minimum absolute atomic E-state index is 0.223. The zero-order valence-corrected chi connectivity index (χ0v) is 14.3. The maximum atomic E-state index is 12.3. The van der Waals surface area contributed by atoms with Crippen LogP contribution in [0.25, 0.3) is 0 Å². The Morgan fingerprint density at radius 1 is 1.24 bits per heavy atom. The predicted octanol–water partition coefficient (Wildman–Crippen LogP) is 3.45.